The van der Waals surface area contributed by atoms with Crippen LogP contribution in [0.15, 0.2) is 76.8 Å². The topological polar surface area (TPSA) is 88.6 Å². The predicted molar refractivity (Wildman–Crippen MR) is 127 cm³/mol. The van der Waals surface area contributed by atoms with Gasteiger partial charge in [0.15, 0.2) is 5.75 Å². The Labute approximate surface area is 192 Å². The number of ether oxygens (including phenoxy) is 1. The van der Waals surface area contributed by atoms with Crippen LogP contribution in [0.4, 0.5) is 5.69 Å². The molecule has 0 fully saturated rings. The lowest BCUT2D eigenvalue weighted by atomic mass is 10.2. The predicted octanol–water partition coefficient (Wildman–Crippen LogP) is 4.88. The SMILES string of the molecule is CCN(CC)S(=O)(=O)c1ccc(Oc2ccccc2)c(NC(=O)c2cccnc2SC)c1. The van der Waals surface area contributed by atoms with E-state index in [1.165, 1.54) is 28.2 Å². The van der Waals surface area contributed by atoms with Gasteiger partial charge in [0.1, 0.15) is 10.8 Å². The first-order chi connectivity index (χ1) is 15.4. The van der Waals surface area contributed by atoms with Gasteiger partial charge in [-0.3, -0.25) is 4.79 Å². The van der Waals surface area contributed by atoms with Crippen LogP contribution in [0.3, 0.4) is 0 Å². The average molecular weight is 472 g/mol. The van der Waals surface area contributed by atoms with Gasteiger partial charge < -0.3 is 10.1 Å². The van der Waals surface area contributed by atoms with Crippen molar-refractivity contribution in [3.05, 3.63) is 72.4 Å². The number of carbonyl (C=O) groups excluding carboxylic acids is 1. The number of sulfonamides is 1. The first-order valence-electron chi connectivity index (χ1n) is 10.1. The third-order valence-electron chi connectivity index (χ3n) is 4.72. The van der Waals surface area contributed by atoms with Crippen molar-refractivity contribution >= 4 is 33.4 Å². The molecule has 0 saturated heterocycles. The van der Waals surface area contributed by atoms with Gasteiger partial charge >= 0.3 is 0 Å². The highest BCUT2D eigenvalue weighted by molar-refractivity contribution is 7.98. The maximum atomic E-state index is 13.0. The number of thioether (sulfide) groups is 1. The second-order valence-corrected chi connectivity index (χ2v) is 9.41. The molecule has 1 heterocycles. The number of carbonyl (C=O) groups is 1. The third kappa shape index (κ3) is 5.29. The number of rotatable bonds is 9. The maximum absolute atomic E-state index is 13.0. The van der Waals surface area contributed by atoms with Crippen LogP contribution in [0.2, 0.25) is 0 Å². The second kappa shape index (κ2) is 10.6. The molecule has 168 valence electrons. The fourth-order valence-corrected chi connectivity index (χ4v) is 5.13. The standard InChI is InChI=1S/C23H25N3O4S2/c1-4-26(5-2)32(28,29)18-13-14-21(30-17-10-7-6-8-11-17)20(16-18)25-22(27)19-12-9-15-24-23(19)31-3/h6-16H,4-5H2,1-3H3,(H,25,27). The molecule has 0 saturated carbocycles. The summed E-state index contributed by atoms with van der Waals surface area (Å²) in [7, 11) is -3.72. The number of nitrogens with one attached hydrogen (secondary N) is 1. The number of nitrogens with zero attached hydrogens (tertiary/aromatic N) is 2. The molecule has 7 nitrogen and oxygen atoms in total. The summed E-state index contributed by atoms with van der Waals surface area (Å²) in [5.74, 6) is 0.490. The highest BCUT2D eigenvalue weighted by atomic mass is 32.2. The summed E-state index contributed by atoms with van der Waals surface area (Å²) in [6.45, 7) is 4.25. The molecular formula is C23H25N3O4S2. The molecule has 0 atom stereocenters. The van der Waals surface area contributed by atoms with Gasteiger partial charge in [-0.2, -0.15) is 4.31 Å². The molecule has 0 unspecified atom stereocenters. The molecule has 0 aliphatic carbocycles. The van der Waals surface area contributed by atoms with E-state index < -0.39 is 15.9 Å². The molecule has 0 aliphatic rings. The number of hydrogen-bond acceptors (Lipinski definition) is 6. The van der Waals surface area contributed by atoms with E-state index >= 15 is 0 Å². The molecule has 0 radical (unpaired) electrons. The highest BCUT2D eigenvalue weighted by Crippen LogP contribution is 2.33. The molecule has 0 bridgehead atoms. The van der Waals surface area contributed by atoms with E-state index in [2.05, 4.69) is 10.3 Å². The van der Waals surface area contributed by atoms with Crippen LogP contribution in [0.1, 0.15) is 24.2 Å². The lowest BCUT2D eigenvalue weighted by Crippen LogP contribution is -2.30. The van der Waals surface area contributed by atoms with Gasteiger partial charge in [0.2, 0.25) is 10.0 Å². The fourth-order valence-electron chi connectivity index (χ4n) is 3.10. The molecule has 3 aromatic rings. The Morgan fingerprint density at radius 2 is 1.78 bits per heavy atom. The van der Waals surface area contributed by atoms with Crippen LogP contribution in [0, 0.1) is 0 Å². The summed E-state index contributed by atoms with van der Waals surface area (Å²) in [4.78, 5) is 17.3. The second-order valence-electron chi connectivity index (χ2n) is 6.68. The van der Waals surface area contributed by atoms with Crippen molar-refractivity contribution in [2.45, 2.75) is 23.8 Å². The molecule has 32 heavy (non-hydrogen) atoms. The molecule has 1 aromatic heterocycles. The summed E-state index contributed by atoms with van der Waals surface area (Å²) < 4.78 is 33.4. The van der Waals surface area contributed by atoms with E-state index in [9.17, 15) is 13.2 Å². The largest absolute Gasteiger partial charge is 0.455 e. The zero-order valence-corrected chi connectivity index (χ0v) is 19.7. The van der Waals surface area contributed by atoms with Crippen molar-refractivity contribution in [1.29, 1.82) is 0 Å². The average Bonchev–Trinajstić information content (AvgIpc) is 2.81. The number of anilines is 1. The third-order valence-corrected chi connectivity index (χ3v) is 7.48. The van der Waals surface area contributed by atoms with Gasteiger partial charge in [0.05, 0.1) is 16.1 Å². The van der Waals surface area contributed by atoms with Crippen molar-refractivity contribution in [2.75, 3.05) is 24.7 Å². The molecule has 3 rings (SSSR count). The van der Waals surface area contributed by atoms with E-state index in [1.807, 2.05) is 24.5 Å². The normalized spacial score (nSPS) is 11.4. The molecule has 1 amide bonds. The molecule has 0 spiro atoms. The molecule has 9 heteroatoms. The van der Waals surface area contributed by atoms with Gasteiger partial charge in [-0.25, -0.2) is 13.4 Å². The van der Waals surface area contributed by atoms with Crippen LogP contribution < -0.4 is 10.1 Å². The number of hydrogen-bond donors (Lipinski definition) is 1. The summed E-state index contributed by atoms with van der Waals surface area (Å²) in [6, 6.07) is 16.9. The van der Waals surface area contributed by atoms with Gasteiger partial charge in [0.25, 0.3) is 5.91 Å². The Hall–Kier alpha value is -2.88. The van der Waals surface area contributed by atoms with Gasteiger partial charge in [0, 0.05) is 19.3 Å². The van der Waals surface area contributed by atoms with Crippen molar-refractivity contribution in [2.24, 2.45) is 0 Å². The molecule has 0 aliphatic heterocycles. The first-order valence-corrected chi connectivity index (χ1v) is 12.7. The van der Waals surface area contributed by atoms with Crippen molar-refractivity contribution in [3.63, 3.8) is 0 Å². The zero-order valence-electron chi connectivity index (χ0n) is 18.1. The van der Waals surface area contributed by atoms with E-state index in [-0.39, 0.29) is 10.6 Å². The summed E-state index contributed by atoms with van der Waals surface area (Å²) in [5.41, 5.74) is 0.644. The van der Waals surface area contributed by atoms with Crippen molar-refractivity contribution < 1.29 is 17.9 Å². The first kappa shape index (κ1) is 23.8. The van der Waals surface area contributed by atoms with Gasteiger partial charge in [-0.05, 0) is 48.7 Å². The Morgan fingerprint density at radius 1 is 1.06 bits per heavy atom. The molecular weight excluding hydrogens is 446 g/mol. The summed E-state index contributed by atoms with van der Waals surface area (Å²) >= 11 is 1.35. The van der Waals surface area contributed by atoms with Crippen LogP contribution >= 0.6 is 11.8 Å². The number of pyridine rings is 1. The van der Waals surface area contributed by atoms with E-state index in [0.29, 0.717) is 35.2 Å². The number of benzene rings is 2. The van der Waals surface area contributed by atoms with Gasteiger partial charge in [-0.1, -0.05) is 32.0 Å². The fraction of sp³-hybridized carbons (Fsp3) is 0.217. The van der Waals surface area contributed by atoms with Crippen LogP contribution in [0.5, 0.6) is 11.5 Å². The number of para-hydroxylation sites is 1. The summed E-state index contributed by atoms with van der Waals surface area (Å²) in [5, 5.41) is 3.38. The monoisotopic (exact) mass is 471 g/mol. The van der Waals surface area contributed by atoms with E-state index in [1.54, 1.807) is 50.4 Å². The molecule has 1 N–H and O–H groups in total. The lowest BCUT2D eigenvalue weighted by Gasteiger charge is -2.20. The minimum absolute atomic E-state index is 0.0770. The molecule has 2 aromatic carbocycles. The van der Waals surface area contributed by atoms with Crippen molar-refractivity contribution in [1.82, 2.24) is 9.29 Å². The number of aromatic nitrogens is 1. The van der Waals surface area contributed by atoms with Gasteiger partial charge in [-0.15, -0.1) is 11.8 Å². The maximum Gasteiger partial charge on any atom is 0.258 e. The zero-order chi connectivity index (χ0) is 23.1. The Kier molecular flexibility index (Phi) is 7.89. The number of amides is 1. The summed E-state index contributed by atoms with van der Waals surface area (Å²) in [6.07, 6.45) is 3.45. The Balaban J connectivity index is 2.04. The van der Waals surface area contributed by atoms with Crippen molar-refractivity contribution in [3.8, 4) is 11.5 Å². The smallest absolute Gasteiger partial charge is 0.258 e. The minimum Gasteiger partial charge on any atom is -0.455 e. The lowest BCUT2D eigenvalue weighted by molar-refractivity contribution is 0.102. The van der Waals surface area contributed by atoms with E-state index in [0.717, 1.165) is 0 Å². The van der Waals surface area contributed by atoms with Crippen LogP contribution in [-0.2, 0) is 10.0 Å². The Bertz CT molecular complexity index is 1180. The van der Waals surface area contributed by atoms with Crippen LogP contribution in [-0.4, -0.2) is 43.0 Å². The Morgan fingerprint density at radius 3 is 2.44 bits per heavy atom. The minimum atomic E-state index is -3.72. The van der Waals surface area contributed by atoms with Crippen LogP contribution in [0.25, 0.3) is 0 Å². The van der Waals surface area contributed by atoms with E-state index in [4.69, 9.17) is 4.74 Å². The highest BCUT2D eigenvalue weighted by Gasteiger charge is 2.24. The quantitative estimate of drug-likeness (QED) is 0.448.